The average molecular weight is 368 g/mol. The number of likely N-dealkylation sites (tertiary alicyclic amines) is 1. The number of ether oxygens (including phenoxy) is 1. The molecule has 0 aromatic heterocycles. The van der Waals surface area contributed by atoms with Crippen LogP contribution >= 0.6 is 0 Å². The summed E-state index contributed by atoms with van der Waals surface area (Å²) in [7, 11) is 1.56. The number of methoxy groups -OCH3 is 1. The van der Waals surface area contributed by atoms with E-state index in [2.05, 4.69) is 41.4 Å². The first-order valence-corrected chi connectivity index (χ1v) is 9.46. The lowest BCUT2D eigenvalue weighted by atomic mass is 9.95. The Kier molecular flexibility index (Phi) is 6.35. The van der Waals surface area contributed by atoms with E-state index in [9.17, 15) is 9.90 Å². The van der Waals surface area contributed by atoms with Gasteiger partial charge in [0.05, 0.1) is 7.11 Å². The molecule has 1 fully saturated rings. The molecule has 0 aliphatic carbocycles. The molecule has 2 aromatic carbocycles. The first-order valence-electron chi connectivity index (χ1n) is 9.46. The summed E-state index contributed by atoms with van der Waals surface area (Å²) in [6, 6.07) is 13.7. The maximum absolute atomic E-state index is 12.5. The standard InChI is InChI=1S/C22H28N2O3/c1-16-3-5-17(6-4-16)14-23-22(26)19-9-11-24(12-10-19)15-18-7-8-20(25)21(13-18)27-2/h3-8,13,19,25H,9-12,14-15H2,1-2H3,(H,23,26). The lowest BCUT2D eigenvalue weighted by Gasteiger charge is -2.31. The normalized spacial score (nSPS) is 15.5. The van der Waals surface area contributed by atoms with Crippen LogP contribution in [0.3, 0.4) is 0 Å². The quantitative estimate of drug-likeness (QED) is 0.822. The summed E-state index contributed by atoms with van der Waals surface area (Å²) in [5, 5.41) is 12.8. The summed E-state index contributed by atoms with van der Waals surface area (Å²) in [6.45, 7) is 5.24. The summed E-state index contributed by atoms with van der Waals surface area (Å²) in [5.41, 5.74) is 3.46. The first-order chi connectivity index (χ1) is 13.0. The smallest absolute Gasteiger partial charge is 0.223 e. The highest BCUT2D eigenvalue weighted by molar-refractivity contribution is 5.78. The average Bonchev–Trinajstić information content (AvgIpc) is 2.69. The van der Waals surface area contributed by atoms with Gasteiger partial charge in [0.1, 0.15) is 0 Å². The molecule has 5 nitrogen and oxygen atoms in total. The Labute approximate surface area is 161 Å². The van der Waals surface area contributed by atoms with Crippen LogP contribution in [0, 0.1) is 12.8 Å². The molecule has 0 bridgehead atoms. The van der Waals surface area contributed by atoms with E-state index in [0.717, 1.165) is 43.6 Å². The minimum absolute atomic E-state index is 0.0843. The highest BCUT2D eigenvalue weighted by atomic mass is 16.5. The monoisotopic (exact) mass is 368 g/mol. The summed E-state index contributed by atoms with van der Waals surface area (Å²) < 4.78 is 5.17. The number of nitrogens with one attached hydrogen (secondary N) is 1. The van der Waals surface area contributed by atoms with Gasteiger partial charge in [0.15, 0.2) is 11.5 Å². The summed E-state index contributed by atoms with van der Waals surface area (Å²) in [5.74, 6) is 0.894. The molecule has 0 atom stereocenters. The van der Waals surface area contributed by atoms with Gasteiger partial charge >= 0.3 is 0 Å². The second-order valence-electron chi connectivity index (χ2n) is 7.26. The van der Waals surface area contributed by atoms with Gasteiger partial charge in [-0.3, -0.25) is 9.69 Å². The van der Waals surface area contributed by atoms with Crippen LogP contribution in [0.15, 0.2) is 42.5 Å². The number of nitrogens with zero attached hydrogens (tertiary/aromatic N) is 1. The SMILES string of the molecule is COc1cc(CN2CCC(C(=O)NCc3ccc(C)cc3)CC2)ccc1O. The fourth-order valence-electron chi connectivity index (χ4n) is 3.47. The van der Waals surface area contributed by atoms with E-state index in [1.807, 2.05) is 12.1 Å². The van der Waals surface area contributed by atoms with Gasteiger partial charge in [0.2, 0.25) is 5.91 Å². The number of benzene rings is 2. The minimum Gasteiger partial charge on any atom is -0.504 e. The van der Waals surface area contributed by atoms with E-state index in [-0.39, 0.29) is 17.6 Å². The van der Waals surface area contributed by atoms with Crippen LogP contribution in [0.4, 0.5) is 0 Å². The lowest BCUT2D eigenvalue weighted by Crippen LogP contribution is -2.40. The second-order valence-corrected chi connectivity index (χ2v) is 7.26. The maximum Gasteiger partial charge on any atom is 0.223 e. The second kappa shape index (κ2) is 8.91. The van der Waals surface area contributed by atoms with Crippen LogP contribution in [-0.4, -0.2) is 36.1 Å². The molecular weight excluding hydrogens is 340 g/mol. The maximum atomic E-state index is 12.5. The van der Waals surface area contributed by atoms with Gasteiger partial charge in [-0.15, -0.1) is 0 Å². The number of hydrogen-bond donors (Lipinski definition) is 2. The Balaban J connectivity index is 1.45. The topological polar surface area (TPSA) is 61.8 Å². The van der Waals surface area contributed by atoms with Gasteiger partial charge in [-0.25, -0.2) is 0 Å². The van der Waals surface area contributed by atoms with Crippen LogP contribution in [0.2, 0.25) is 0 Å². The Morgan fingerprint density at radius 3 is 2.48 bits per heavy atom. The fourth-order valence-corrected chi connectivity index (χ4v) is 3.47. The van der Waals surface area contributed by atoms with Gasteiger partial charge in [-0.1, -0.05) is 35.9 Å². The molecule has 2 aromatic rings. The molecule has 27 heavy (non-hydrogen) atoms. The Hall–Kier alpha value is -2.53. The number of phenolic OH excluding ortho intramolecular Hbond substituents is 1. The first kappa shape index (κ1) is 19.2. The molecule has 5 heteroatoms. The van der Waals surface area contributed by atoms with Crippen molar-refractivity contribution in [2.45, 2.75) is 32.9 Å². The largest absolute Gasteiger partial charge is 0.504 e. The number of rotatable bonds is 6. The predicted octanol–water partition coefficient (Wildman–Crippen LogP) is 3.24. The molecule has 1 saturated heterocycles. The summed E-state index contributed by atoms with van der Waals surface area (Å²) in [4.78, 5) is 14.8. The lowest BCUT2D eigenvalue weighted by molar-refractivity contribution is -0.126. The van der Waals surface area contributed by atoms with Crippen molar-refractivity contribution in [2.24, 2.45) is 5.92 Å². The zero-order valence-corrected chi connectivity index (χ0v) is 16.1. The molecule has 1 aliphatic heterocycles. The molecule has 0 radical (unpaired) electrons. The van der Waals surface area contributed by atoms with Crippen molar-refractivity contribution in [2.75, 3.05) is 20.2 Å². The molecule has 1 aliphatic rings. The number of carbonyl (C=O) groups excluding carboxylic acids is 1. The van der Waals surface area contributed by atoms with Gasteiger partial charge in [-0.05, 0) is 56.1 Å². The van der Waals surface area contributed by atoms with E-state index < -0.39 is 0 Å². The summed E-state index contributed by atoms with van der Waals surface area (Å²) >= 11 is 0. The van der Waals surface area contributed by atoms with Gasteiger partial charge in [-0.2, -0.15) is 0 Å². The zero-order valence-electron chi connectivity index (χ0n) is 16.1. The third-order valence-electron chi connectivity index (χ3n) is 5.20. The highest BCUT2D eigenvalue weighted by Gasteiger charge is 2.24. The number of hydrogen-bond acceptors (Lipinski definition) is 4. The van der Waals surface area contributed by atoms with E-state index in [1.165, 1.54) is 5.56 Å². The Morgan fingerprint density at radius 2 is 1.81 bits per heavy atom. The van der Waals surface area contributed by atoms with Crippen LogP contribution in [0.5, 0.6) is 11.5 Å². The molecule has 0 unspecified atom stereocenters. The summed E-state index contributed by atoms with van der Waals surface area (Å²) in [6.07, 6.45) is 1.74. The number of phenols is 1. The third-order valence-corrected chi connectivity index (χ3v) is 5.20. The van der Waals surface area contributed by atoms with Gasteiger partial charge < -0.3 is 15.2 Å². The van der Waals surface area contributed by atoms with Crippen molar-refractivity contribution in [3.8, 4) is 11.5 Å². The van der Waals surface area contributed by atoms with Crippen LogP contribution in [0.1, 0.15) is 29.5 Å². The molecular formula is C22H28N2O3. The Morgan fingerprint density at radius 1 is 1.15 bits per heavy atom. The van der Waals surface area contributed by atoms with Crippen LogP contribution in [-0.2, 0) is 17.9 Å². The van der Waals surface area contributed by atoms with Crippen molar-refractivity contribution in [3.05, 3.63) is 59.2 Å². The highest BCUT2D eigenvalue weighted by Crippen LogP contribution is 2.27. The minimum atomic E-state index is 0.0843. The number of aromatic hydroxyl groups is 1. The molecule has 2 N–H and O–H groups in total. The zero-order chi connectivity index (χ0) is 19.2. The molecule has 1 heterocycles. The van der Waals surface area contributed by atoms with E-state index in [1.54, 1.807) is 13.2 Å². The van der Waals surface area contributed by atoms with Crippen molar-refractivity contribution < 1.29 is 14.6 Å². The van der Waals surface area contributed by atoms with Crippen molar-refractivity contribution in [1.29, 1.82) is 0 Å². The number of amides is 1. The third kappa shape index (κ3) is 5.23. The van der Waals surface area contributed by atoms with Crippen molar-refractivity contribution >= 4 is 5.91 Å². The molecule has 0 spiro atoms. The van der Waals surface area contributed by atoms with Crippen molar-refractivity contribution in [1.82, 2.24) is 10.2 Å². The van der Waals surface area contributed by atoms with Crippen molar-refractivity contribution in [3.63, 3.8) is 0 Å². The van der Waals surface area contributed by atoms with Crippen LogP contribution in [0.25, 0.3) is 0 Å². The Bertz CT molecular complexity index is 766. The molecule has 0 saturated carbocycles. The van der Waals surface area contributed by atoms with E-state index in [4.69, 9.17) is 4.74 Å². The number of aryl methyl sites for hydroxylation is 1. The molecule has 1 amide bonds. The van der Waals surface area contributed by atoms with E-state index in [0.29, 0.717) is 12.3 Å². The number of carbonyl (C=O) groups is 1. The number of piperidine rings is 1. The fraction of sp³-hybridized carbons (Fsp3) is 0.409. The van der Waals surface area contributed by atoms with Crippen LogP contribution < -0.4 is 10.1 Å². The molecule has 3 rings (SSSR count). The molecule has 144 valence electrons. The van der Waals surface area contributed by atoms with Gasteiger partial charge in [0, 0.05) is 19.0 Å². The van der Waals surface area contributed by atoms with E-state index >= 15 is 0 Å². The predicted molar refractivity (Wildman–Crippen MR) is 106 cm³/mol. The van der Waals surface area contributed by atoms with Gasteiger partial charge in [0.25, 0.3) is 0 Å².